The molecule has 0 fully saturated rings. The van der Waals surface area contributed by atoms with E-state index in [2.05, 4.69) is 20.8 Å². The molecule has 0 spiro atoms. The zero-order valence-corrected chi connectivity index (χ0v) is 11.4. The summed E-state index contributed by atoms with van der Waals surface area (Å²) in [6.07, 6.45) is 2.00. The number of rotatable bonds is 2. The van der Waals surface area contributed by atoms with E-state index < -0.39 is 0 Å². The third-order valence-electron chi connectivity index (χ3n) is 2.63. The van der Waals surface area contributed by atoms with Gasteiger partial charge in [0, 0.05) is 22.4 Å². The molecule has 0 bridgehead atoms. The Labute approximate surface area is 104 Å². The first-order chi connectivity index (χ1) is 7.86. The summed E-state index contributed by atoms with van der Waals surface area (Å²) in [5, 5.41) is 0. The Morgan fingerprint density at radius 2 is 1.82 bits per heavy atom. The molecule has 0 aliphatic rings. The molecule has 0 atom stereocenters. The Kier molecular flexibility index (Phi) is 4.11. The fraction of sp³-hybridized carbons (Fsp3) is 0.400. The maximum absolute atomic E-state index is 6.04. The van der Waals surface area contributed by atoms with Gasteiger partial charge < -0.3 is 5.73 Å². The molecule has 2 nitrogen and oxygen atoms in total. The van der Waals surface area contributed by atoms with Crippen molar-refractivity contribution in [1.82, 2.24) is 0 Å². The Hall–Kier alpha value is -1.57. The van der Waals surface area contributed by atoms with Crippen LogP contribution in [-0.2, 0) is 0 Å². The number of nitrogen functional groups attached to an aromatic ring is 1. The summed E-state index contributed by atoms with van der Waals surface area (Å²) in [5.74, 6) is 0. The van der Waals surface area contributed by atoms with E-state index in [0.717, 1.165) is 22.7 Å². The normalized spacial score (nSPS) is 13.9. The number of benzene rings is 1. The third kappa shape index (κ3) is 3.45. The smallest absolute Gasteiger partial charge is 0.0552 e. The highest BCUT2D eigenvalue weighted by Crippen LogP contribution is 2.26. The van der Waals surface area contributed by atoms with Gasteiger partial charge in [-0.25, -0.2) is 0 Å². The minimum atomic E-state index is -0.0280. The van der Waals surface area contributed by atoms with E-state index >= 15 is 0 Å². The highest BCUT2D eigenvalue weighted by molar-refractivity contribution is 6.08. The van der Waals surface area contributed by atoms with Crippen LogP contribution in [0.25, 0.3) is 0 Å². The molecule has 1 aromatic carbocycles. The van der Waals surface area contributed by atoms with Gasteiger partial charge >= 0.3 is 0 Å². The van der Waals surface area contributed by atoms with Gasteiger partial charge in [0.2, 0.25) is 0 Å². The number of hydrogen-bond donors (Lipinski definition) is 1. The van der Waals surface area contributed by atoms with Crippen LogP contribution in [-0.4, -0.2) is 5.71 Å². The van der Waals surface area contributed by atoms with Crippen molar-refractivity contribution < 1.29 is 0 Å². The molecule has 1 rings (SSSR count). The van der Waals surface area contributed by atoms with Gasteiger partial charge in [0.15, 0.2) is 0 Å². The van der Waals surface area contributed by atoms with E-state index in [0.29, 0.717) is 0 Å². The average molecular weight is 230 g/mol. The lowest BCUT2D eigenvalue weighted by atomic mass is 9.84. The van der Waals surface area contributed by atoms with E-state index in [9.17, 15) is 0 Å². The van der Waals surface area contributed by atoms with Crippen LogP contribution < -0.4 is 5.73 Å². The SMILES string of the molecule is C/C=C(C)\N=C(/c1ccccc1N)C(C)(C)C. The highest BCUT2D eigenvalue weighted by atomic mass is 14.8. The van der Waals surface area contributed by atoms with Crippen molar-refractivity contribution in [3.05, 3.63) is 41.6 Å². The quantitative estimate of drug-likeness (QED) is 0.604. The second-order valence-corrected chi connectivity index (χ2v) is 5.23. The molecule has 17 heavy (non-hydrogen) atoms. The van der Waals surface area contributed by atoms with Gasteiger partial charge in [0.1, 0.15) is 0 Å². The predicted molar refractivity (Wildman–Crippen MR) is 76.3 cm³/mol. The van der Waals surface area contributed by atoms with Crippen molar-refractivity contribution in [1.29, 1.82) is 0 Å². The first-order valence-electron chi connectivity index (χ1n) is 5.93. The molecule has 0 aliphatic carbocycles. The lowest BCUT2D eigenvalue weighted by molar-refractivity contribution is 0.591. The summed E-state index contributed by atoms with van der Waals surface area (Å²) in [6.45, 7) is 10.5. The molecule has 0 amide bonds. The first-order valence-corrected chi connectivity index (χ1v) is 5.93. The first kappa shape index (κ1) is 13.5. The molecule has 0 unspecified atom stereocenters. The lowest BCUT2D eigenvalue weighted by Crippen LogP contribution is -2.22. The van der Waals surface area contributed by atoms with Crippen molar-refractivity contribution in [3.63, 3.8) is 0 Å². The zero-order chi connectivity index (χ0) is 13.1. The van der Waals surface area contributed by atoms with Crippen LogP contribution in [0.2, 0.25) is 0 Å². The number of nitrogens with two attached hydrogens (primary N) is 1. The van der Waals surface area contributed by atoms with Crippen molar-refractivity contribution >= 4 is 11.4 Å². The average Bonchev–Trinajstić information content (AvgIpc) is 2.25. The Bertz CT molecular complexity index is 448. The molecule has 0 heterocycles. The van der Waals surface area contributed by atoms with Crippen molar-refractivity contribution in [3.8, 4) is 0 Å². The van der Waals surface area contributed by atoms with E-state index in [1.54, 1.807) is 0 Å². The molecular formula is C15H22N2. The molecule has 0 saturated carbocycles. The number of para-hydroxylation sites is 1. The number of nitrogens with zero attached hydrogens (tertiary/aromatic N) is 1. The van der Waals surface area contributed by atoms with Gasteiger partial charge in [0.05, 0.1) is 5.71 Å². The molecule has 0 saturated heterocycles. The summed E-state index contributed by atoms with van der Waals surface area (Å²) >= 11 is 0. The molecule has 1 aromatic rings. The number of hydrogen-bond acceptors (Lipinski definition) is 2. The lowest BCUT2D eigenvalue weighted by Gasteiger charge is -2.23. The zero-order valence-electron chi connectivity index (χ0n) is 11.4. The number of aliphatic imine (C=N–C) groups is 1. The summed E-state index contributed by atoms with van der Waals surface area (Å²) in [4.78, 5) is 4.70. The van der Waals surface area contributed by atoms with E-state index in [1.165, 1.54) is 0 Å². The summed E-state index contributed by atoms with van der Waals surface area (Å²) in [7, 11) is 0. The van der Waals surface area contributed by atoms with Crippen molar-refractivity contribution in [2.75, 3.05) is 5.73 Å². The van der Waals surface area contributed by atoms with Gasteiger partial charge in [-0.15, -0.1) is 0 Å². The molecule has 92 valence electrons. The predicted octanol–water partition coefficient (Wildman–Crippen LogP) is 4.03. The van der Waals surface area contributed by atoms with Crippen LogP contribution in [0.15, 0.2) is 41.0 Å². The van der Waals surface area contributed by atoms with Crippen molar-refractivity contribution in [2.24, 2.45) is 10.4 Å². The van der Waals surface area contributed by atoms with Crippen LogP contribution >= 0.6 is 0 Å². The maximum atomic E-state index is 6.04. The minimum Gasteiger partial charge on any atom is -0.398 e. The standard InChI is InChI=1S/C15H22N2/c1-6-11(2)17-14(15(3,4)5)12-9-7-8-10-13(12)16/h6-10H,16H2,1-5H3/b11-6-,17-14+. The van der Waals surface area contributed by atoms with Gasteiger partial charge in [-0.2, -0.15) is 0 Å². The molecule has 0 radical (unpaired) electrons. The van der Waals surface area contributed by atoms with Gasteiger partial charge in [-0.05, 0) is 19.9 Å². The fourth-order valence-corrected chi connectivity index (χ4v) is 1.59. The number of anilines is 1. The number of allylic oxidation sites excluding steroid dienone is 2. The highest BCUT2D eigenvalue weighted by Gasteiger charge is 2.22. The fourth-order valence-electron chi connectivity index (χ4n) is 1.59. The van der Waals surface area contributed by atoms with Gasteiger partial charge in [-0.1, -0.05) is 45.0 Å². The second-order valence-electron chi connectivity index (χ2n) is 5.23. The Balaban J connectivity index is 3.37. The monoisotopic (exact) mass is 230 g/mol. The van der Waals surface area contributed by atoms with Crippen LogP contribution in [0.4, 0.5) is 5.69 Å². The molecule has 0 aromatic heterocycles. The molecule has 2 heteroatoms. The molecule has 0 aliphatic heterocycles. The molecule has 2 N–H and O–H groups in total. The Morgan fingerprint density at radius 3 is 2.29 bits per heavy atom. The summed E-state index contributed by atoms with van der Waals surface area (Å²) < 4.78 is 0. The third-order valence-corrected chi connectivity index (χ3v) is 2.63. The van der Waals surface area contributed by atoms with E-state index in [4.69, 9.17) is 10.7 Å². The molecular weight excluding hydrogens is 208 g/mol. The van der Waals surface area contributed by atoms with Crippen LogP contribution in [0, 0.1) is 5.41 Å². The summed E-state index contributed by atoms with van der Waals surface area (Å²) in [5.41, 5.74) is 9.86. The maximum Gasteiger partial charge on any atom is 0.0552 e. The van der Waals surface area contributed by atoms with Crippen LogP contribution in [0.3, 0.4) is 0 Å². The largest absolute Gasteiger partial charge is 0.398 e. The van der Waals surface area contributed by atoms with E-state index in [1.807, 2.05) is 44.2 Å². The van der Waals surface area contributed by atoms with Gasteiger partial charge in [-0.3, -0.25) is 4.99 Å². The van der Waals surface area contributed by atoms with Crippen molar-refractivity contribution in [2.45, 2.75) is 34.6 Å². The van der Waals surface area contributed by atoms with Crippen LogP contribution in [0.5, 0.6) is 0 Å². The Morgan fingerprint density at radius 1 is 1.24 bits per heavy atom. The second kappa shape index (κ2) is 5.17. The topological polar surface area (TPSA) is 38.4 Å². The van der Waals surface area contributed by atoms with Crippen LogP contribution in [0.1, 0.15) is 40.2 Å². The van der Waals surface area contributed by atoms with E-state index in [-0.39, 0.29) is 5.41 Å². The minimum absolute atomic E-state index is 0.0280. The van der Waals surface area contributed by atoms with Gasteiger partial charge in [0.25, 0.3) is 0 Å². The summed E-state index contributed by atoms with van der Waals surface area (Å²) in [6, 6.07) is 7.89.